The van der Waals surface area contributed by atoms with Crippen LogP contribution in [0.3, 0.4) is 0 Å². The number of halogens is 1. The van der Waals surface area contributed by atoms with Crippen molar-refractivity contribution in [3.8, 4) is 5.75 Å². The minimum atomic E-state index is -0.265. The molecule has 2 rings (SSSR count). The molecule has 2 aromatic carbocycles. The molecule has 0 aromatic heterocycles. The van der Waals surface area contributed by atoms with E-state index in [1.54, 1.807) is 31.4 Å². The summed E-state index contributed by atoms with van der Waals surface area (Å²) in [7, 11) is 1.54. The predicted molar refractivity (Wildman–Crippen MR) is 84.7 cm³/mol. The zero-order valence-corrected chi connectivity index (χ0v) is 12.6. The normalized spacial score (nSPS) is 11.8. The monoisotopic (exact) mass is 304 g/mol. The third kappa shape index (κ3) is 3.47. The standard InChI is InChI=1S/C16H17ClN2O2/c1-10(12-5-3-4-6-14(12)17)19-16(20)13-9-11(21-2)7-8-15(13)18/h3-10H,18H2,1-2H3,(H,19,20)/t10-/m0/s1. The maximum Gasteiger partial charge on any atom is 0.253 e. The Bertz CT molecular complexity index is 658. The number of methoxy groups -OCH3 is 1. The Morgan fingerprint density at radius 2 is 2.00 bits per heavy atom. The van der Waals surface area contributed by atoms with Gasteiger partial charge in [0, 0.05) is 10.7 Å². The molecule has 0 radical (unpaired) electrons. The fourth-order valence-electron chi connectivity index (χ4n) is 2.04. The van der Waals surface area contributed by atoms with Crippen molar-refractivity contribution in [2.24, 2.45) is 0 Å². The largest absolute Gasteiger partial charge is 0.497 e. The molecule has 0 saturated heterocycles. The molecule has 1 amide bonds. The molecule has 110 valence electrons. The van der Waals surface area contributed by atoms with Crippen molar-refractivity contribution in [2.75, 3.05) is 12.8 Å². The SMILES string of the molecule is COc1ccc(N)c(C(=O)N[C@@H](C)c2ccccc2Cl)c1. The minimum Gasteiger partial charge on any atom is -0.497 e. The molecule has 4 nitrogen and oxygen atoms in total. The van der Waals surface area contributed by atoms with E-state index in [-0.39, 0.29) is 11.9 Å². The van der Waals surface area contributed by atoms with Gasteiger partial charge in [-0.15, -0.1) is 0 Å². The molecule has 1 atom stereocenters. The molecule has 0 aliphatic heterocycles. The Morgan fingerprint density at radius 1 is 1.29 bits per heavy atom. The van der Waals surface area contributed by atoms with Gasteiger partial charge in [0.05, 0.1) is 18.7 Å². The number of carbonyl (C=O) groups excluding carboxylic acids is 1. The number of nitrogens with two attached hydrogens (primary N) is 1. The van der Waals surface area contributed by atoms with Crippen molar-refractivity contribution >= 4 is 23.2 Å². The lowest BCUT2D eigenvalue weighted by Crippen LogP contribution is -2.27. The number of hydrogen-bond acceptors (Lipinski definition) is 3. The first-order valence-electron chi connectivity index (χ1n) is 6.51. The first-order valence-corrected chi connectivity index (χ1v) is 6.89. The molecular weight excluding hydrogens is 288 g/mol. The second-order valence-corrected chi connectivity index (χ2v) is 5.08. The van der Waals surface area contributed by atoms with Gasteiger partial charge < -0.3 is 15.8 Å². The van der Waals surface area contributed by atoms with Gasteiger partial charge in [-0.2, -0.15) is 0 Å². The number of ether oxygens (including phenoxy) is 1. The van der Waals surface area contributed by atoms with Crippen LogP contribution in [0.25, 0.3) is 0 Å². The topological polar surface area (TPSA) is 64.3 Å². The van der Waals surface area contributed by atoms with Gasteiger partial charge in [-0.25, -0.2) is 0 Å². The Kier molecular flexibility index (Phi) is 4.70. The third-order valence-corrected chi connectivity index (χ3v) is 3.57. The molecular formula is C16H17ClN2O2. The number of benzene rings is 2. The maximum absolute atomic E-state index is 12.3. The van der Waals surface area contributed by atoms with Crippen molar-refractivity contribution < 1.29 is 9.53 Å². The molecule has 21 heavy (non-hydrogen) atoms. The summed E-state index contributed by atoms with van der Waals surface area (Å²) in [6.45, 7) is 1.87. The molecule has 3 N–H and O–H groups in total. The highest BCUT2D eigenvalue weighted by Gasteiger charge is 2.16. The summed E-state index contributed by atoms with van der Waals surface area (Å²) in [5.74, 6) is 0.318. The van der Waals surface area contributed by atoms with E-state index in [0.29, 0.717) is 22.0 Å². The van der Waals surface area contributed by atoms with Crippen LogP contribution >= 0.6 is 11.6 Å². The second-order valence-electron chi connectivity index (χ2n) is 4.67. The fraction of sp³-hybridized carbons (Fsp3) is 0.188. The number of nitrogens with one attached hydrogen (secondary N) is 1. The van der Waals surface area contributed by atoms with Gasteiger partial charge in [-0.05, 0) is 36.8 Å². The highest BCUT2D eigenvalue weighted by molar-refractivity contribution is 6.31. The van der Waals surface area contributed by atoms with Gasteiger partial charge in [0.25, 0.3) is 5.91 Å². The molecule has 0 aliphatic rings. The Labute approximate surface area is 128 Å². The molecule has 0 heterocycles. The molecule has 0 saturated carbocycles. The number of nitrogen functional groups attached to an aromatic ring is 1. The van der Waals surface area contributed by atoms with E-state index in [4.69, 9.17) is 22.1 Å². The average Bonchev–Trinajstić information content (AvgIpc) is 2.48. The van der Waals surface area contributed by atoms with Crippen LogP contribution in [-0.4, -0.2) is 13.0 Å². The highest BCUT2D eigenvalue weighted by atomic mass is 35.5. The number of hydrogen-bond donors (Lipinski definition) is 2. The quantitative estimate of drug-likeness (QED) is 0.851. The van der Waals surface area contributed by atoms with Crippen LogP contribution in [0.5, 0.6) is 5.75 Å². The molecule has 0 fully saturated rings. The van der Waals surface area contributed by atoms with Crippen molar-refractivity contribution in [2.45, 2.75) is 13.0 Å². The van der Waals surface area contributed by atoms with E-state index < -0.39 is 0 Å². The lowest BCUT2D eigenvalue weighted by Gasteiger charge is -2.16. The van der Waals surface area contributed by atoms with E-state index in [2.05, 4.69) is 5.32 Å². The van der Waals surface area contributed by atoms with Crippen LogP contribution in [-0.2, 0) is 0 Å². The molecule has 5 heteroatoms. The first-order chi connectivity index (χ1) is 10.0. The minimum absolute atomic E-state index is 0.225. The van der Waals surface area contributed by atoms with E-state index in [9.17, 15) is 4.79 Å². The van der Waals surface area contributed by atoms with Crippen molar-refractivity contribution in [3.63, 3.8) is 0 Å². The van der Waals surface area contributed by atoms with Gasteiger partial charge in [-0.3, -0.25) is 4.79 Å². The van der Waals surface area contributed by atoms with Crippen LogP contribution in [0.1, 0.15) is 28.9 Å². The summed E-state index contributed by atoms with van der Waals surface area (Å²) in [6, 6.07) is 12.1. The summed E-state index contributed by atoms with van der Waals surface area (Å²) in [4.78, 5) is 12.3. The predicted octanol–water partition coefficient (Wildman–Crippen LogP) is 3.42. The summed E-state index contributed by atoms with van der Waals surface area (Å²) in [6.07, 6.45) is 0. The Balaban J connectivity index is 2.20. The van der Waals surface area contributed by atoms with E-state index in [1.807, 2.05) is 25.1 Å². The van der Waals surface area contributed by atoms with Crippen LogP contribution in [0.15, 0.2) is 42.5 Å². The smallest absolute Gasteiger partial charge is 0.253 e. The highest BCUT2D eigenvalue weighted by Crippen LogP contribution is 2.24. The number of rotatable bonds is 4. The summed E-state index contributed by atoms with van der Waals surface area (Å²) >= 11 is 6.13. The van der Waals surface area contributed by atoms with Gasteiger partial charge in [0.2, 0.25) is 0 Å². The van der Waals surface area contributed by atoms with Gasteiger partial charge >= 0.3 is 0 Å². The van der Waals surface area contributed by atoms with E-state index >= 15 is 0 Å². The lowest BCUT2D eigenvalue weighted by molar-refractivity contribution is 0.0940. The summed E-state index contributed by atoms with van der Waals surface area (Å²) in [5.41, 5.74) is 7.49. The average molecular weight is 305 g/mol. The molecule has 0 unspecified atom stereocenters. The molecule has 2 aromatic rings. The van der Waals surface area contributed by atoms with E-state index in [0.717, 1.165) is 5.56 Å². The fourth-order valence-corrected chi connectivity index (χ4v) is 2.34. The van der Waals surface area contributed by atoms with Crippen LogP contribution in [0.2, 0.25) is 5.02 Å². The first kappa shape index (κ1) is 15.2. The number of amides is 1. The summed E-state index contributed by atoms with van der Waals surface area (Å²) in [5, 5.41) is 3.50. The van der Waals surface area contributed by atoms with Crippen LogP contribution < -0.4 is 15.8 Å². The molecule has 0 bridgehead atoms. The molecule has 0 aliphatic carbocycles. The van der Waals surface area contributed by atoms with Crippen LogP contribution in [0.4, 0.5) is 5.69 Å². The second kappa shape index (κ2) is 6.50. The van der Waals surface area contributed by atoms with Gasteiger partial charge in [0.1, 0.15) is 5.75 Å². The number of carbonyl (C=O) groups is 1. The number of anilines is 1. The summed E-state index contributed by atoms with van der Waals surface area (Å²) < 4.78 is 5.11. The zero-order valence-electron chi connectivity index (χ0n) is 11.9. The van der Waals surface area contributed by atoms with Crippen molar-refractivity contribution in [1.29, 1.82) is 0 Å². The van der Waals surface area contributed by atoms with E-state index in [1.165, 1.54) is 0 Å². The maximum atomic E-state index is 12.3. The third-order valence-electron chi connectivity index (χ3n) is 3.22. The van der Waals surface area contributed by atoms with Gasteiger partial charge in [0.15, 0.2) is 0 Å². The van der Waals surface area contributed by atoms with Crippen molar-refractivity contribution in [1.82, 2.24) is 5.32 Å². The Hall–Kier alpha value is -2.20. The van der Waals surface area contributed by atoms with Gasteiger partial charge in [-0.1, -0.05) is 29.8 Å². The van der Waals surface area contributed by atoms with Crippen LogP contribution in [0, 0.1) is 0 Å². The lowest BCUT2D eigenvalue weighted by atomic mass is 10.1. The van der Waals surface area contributed by atoms with Crippen molar-refractivity contribution in [3.05, 3.63) is 58.6 Å². The Morgan fingerprint density at radius 3 is 2.67 bits per heavy atom. The molecule has 0 spiro atoms. The zero-order chi connectivity index (χ0) is 15.4.